The van der Waals surface area contributed by atoms with Gasteiger partial charge in [-0.25, -0.2) is 8.42 Å². The minimum atomic E-state index is -3.22. The fourth-order valence-corrected chi connectivity index (χ4v) is 3.25. The van der Waals surface area contributed by atoms with Crippen molar-refractivity contribution in [2.24, 2.45) is 5.92 Å². The van der Waals surface area contributed by atoms with E-state index in [9.17, 15) is 8.42 Å². The molecule has 0 saturated heterocycles. The van der Waals surface area contributed by atoms with Crippen LogP contribution in [-0.4, -0.2) is 43.3 Å². The largest absolute Gasteiger partial charge is 0.395 e. The van der Waals surface area contributed by atoms with Gasteiger partial charge in [-0.1, -0.05) is 26.7 Å². The van der Waals surface area contributed by atoms with E-state index in [1.807, 2.05) is 13.8 Å². The average Bonchev–Trinajstić information content (AvgIpc) is 2.23. The molecule has 0 aliphatic rings. The van der Waals surface area contributed by atoms with Gasteiger partial charge in [0.2, 0.25) is 10.0 Å². The normalized spacial score (nSPS) is 14.9. The Labute approximate surface area is 93.3 Å². The molecule has 4 nitrogen and oxygen atoms in total. The lowest BCUT2D eigenvalue weighted by atomic mass is 10.1. The number of sulfonamides is 1. The highest BCUT2D eigenvalue weighted by molar-refractivity contribution is 7.89. The summed E-state index contributed by atoms with van der Waals surface area (Å²) in [6, 6.07) is -0.343. The van der Waals surface area contributed by atoms with Gasteiger partial charge in [-0.15, -0.1) is 0 Å². The van der Waals surface area contributed by atoms with E-state index in [4.69, 9.17) is 5.11 Å². The Morgan fingerprint density at radius 2 is 1.73 bits per heavy atom. The van der Waals surface area contributed by atoms with Gasteiger partial charge in [0.1, 0.15) is 0 Å². The molecule has 0 spiro atoms. The highest BCUT2D eigenvalue weighted by Crippen LogP contribution is 2.14. The average molecular weight is 237 g/mol. The first-order valence-electron chi connectivity index (χ1n) is 5.45. The summed E-state index contributed by atoms with van der Waals surface area (Å²) in [5.74, 6) is 0.393. The van der Waals surface area contributed by atoms with Crippen LogP contribution in [0.3, 0.4) is 0 Å². The number of hydrogen-bond donors (Lipinski definition) is 1. The van der Waals surface area contributed by atoms with E-state index in [1.165, 1.54) is 11.4 Å². The number of aliphatic hydroxyl groups is 1. The van der Waals surface area contributed by atoms with E-state index in [1.54, 1.807) is 6.92 Å². The van der Waals surface area contributed by atoms with Gasteiger partial charge in [0.15, 0.2) is 0 Å². The van der Waals surface area contributed by atoms with Gasteiger partial charge < -0.3 is 5.11 Å². The maximum atomic E-state index is 11.9. The molecule has 0 aromatic carbocycles. The molecule has 0 rings (SSSR count). The van der Waals surface area contributed by atoms with E-state index in [0.717, 1.165) is 12.8 Å². The van der Waals surface area contributed by atoms with Gasteiger partial charge in [-0.05, 0) is 12.8 Å². The number of nitrogens with zero attached hydrogens (tertiary/aromatic N) is 1. The Kier molecular flexibility index (Phi) is 6.40. The fourth-order valence-electron chi connectivity index (χ4n) is 1.33. The van der Waals surface area contributed by atoms with Crippen LogP contribution in [0.2, 0.25) is 0 Å². The van der Waals surface area contributed by atoms with Crippen molar-refractivity contribution in [3.05, 3.63) is 0 Å². The Bertz CT molecular complexity index is 260. The summed E-state index contributed by atoms with van der Waals surface area (Å²) in [4.78, 5) is 0. The topological polar surface area (TPSA) is 57.6 Å². The second-order valence-corrected chi connectivity index (χ2v) is 6.08. The molecule has 1 atom stereocenters. The number of rotatable bonds is 7. The van der Waals surface area contributed by atoms with Gasteiger partial charge in [-0.2, -0.15) is 4.31 Å². The smallest absolute Gasteiger partial charge is 0.214 e. The highest BCUT2D eigenvalue weighted by Gasteiger charge is 2.25. The summed E-state index contributed by atoms with van der Waals surface area (Å²) < 4.78 is 25.0. The van der Waals surface area contributed by atoms with E-state index in [0.29, 0.717) is 0 Å². The van der Waals surface area contributed by atoms with E-state index < -0.39 is 10.0 Å². The molecule has 0 amide bonds. The first-order valence-corrected chi connectivity index (χ1v) is 7.06. The zero-order valence-corrected chi connectivity index (χ0v) is 10.9. The molecule has 5 heteroatoms. The molecule has 0 saturated carbocycles. The van der Waals surface area contributed by atoms with Crippen LogP contribution >= 0.6 is 0 Å². The highest BCUT2D eigenvalue weighted by atomic mass is 32.2. The Hall–Kier alpha value is -0.130. The molecule has 0 aromatic rings. The molecular weight excluding hydrogens is 214 g/mol. The van der Waals surface area contributed by atoms with Crippen molar-refractivity contribution in [2.45, 2.75) is 39.7 Å². The van der Waals surface area contributed by atoms with Crippen LogP contribution in [0.25, 0.3) is 0 Å². The lowest BCUT2D eigenvalue weighted by molar-refractivity contribution is 0.213. The molecule has 1 N–H and O–H groups in total. The maximum absolute atomic E-state index is 11.9. The first-order chi connectivity index (χ1) is 6.88. The lowest BCUT2D eigenvalue weighted by Crippen LogP contribution is -2.40. The molecule has 0 aromatic heterocycles. The molecule has 92 valence electrons. The quantitative estimate of drug-likeness (QED) is 0.720. The Morgan fingerprint density at radius 3 is 2.07 bits per heavy atom. The predicted octanol–water partition coefficient (Wildman–Crippen LogP) is 1.06. The van der Waals surface area contributed by atoms with Crippen molar-refractivity contribution in [1.29, 1.82) is 0 Å². The lowest BCUT2D eigenvalue weighted by Gasteiger charge is -2.24. The third kappa shape index (κ3) is 4.49. The van der Waals surface area contributed by atoms with E-state index in [2.05, 4.69) is 0 Å². The number of hydrogen-bond acceptors (Lipinski definition) is 3. The molecule has 0 aliphatic carbocycles. The van der Waals surface area contributed by atoms with Crippen molar-refractivity contribution >= 4 is 10.0 Å². The van der Waals surface area contributed by atoms with Gasteiger partial charge in [0, 0.05) is 13.1 Å². The summed E-state index contributed by atoms with van der Waals surface area (Å²) in [7, 11) is -1.70. The minimum Gasteiger partial charge on any atom is -0.395 e. The molecule has 0 radical (unpaired) electrons. The summed E-state index contributed by atoms with van der Waals surface area (Å²) in [5.41, 5.74) is 0. The van der Waals surface area contributed by atoms with Crippen LogP contribution in [0.15, 0.2) is 0 Å². The molecule has 0 heterocycles. The molecule has 1 unspecified atom stereocenters. The standard InChI is InChI=1S/C10H23NO3S/c1-5-10(6-2)8-15(13,14)11(4)9(3)7-12/h9-10,12H,5-8H2,1-4H3. The van der Waals surface area contributed by atoms with E-state index in [-0.39, 0.29) is 24.3 Å². The summed E-state index contributed by atoms with van der Waals surface area (Å²) in [6.07, 6.45) is 1.74. The van der Waals surface area contributed by atoms with Crippen molar-refractivity contribution < 1.29 is 13.5 Å². The summed E-state index contributed by atoms with van der Waals surface area (Å²) in [5, 5.41) is 8.91. The van der Waals surface area contributed by atoms with Crippen LogP contribution < -0.4 is 0 Å². The molecular formula is C10H23NO3S. The van der Waals surface area contributed by atoms with Crippen LogP contribution in [0.4, 0.5) is 0 Å². The van der Waals surface area contributed by atoms with E-state index >= 15 is 0 Å². The minimum absolute atomic E-state index is 0.140. The molecule has 0 fully saturated rings. The van der Waals surface area contributed by atoms with Crippen LogP contribution in [0.1, 0.15) is 33.6 Å². The second-order valence-electron chi connectivity index (χ2n) is 4.01. The maximum Gasteiger partial charge on any atom is 0.214 e. The van der Waals surface area contributed by atoms with Gasteiger partial charge in [0.25, 0.3) is 0 Å². The summed E-state index contributed by atoms with van der Waals surface area (Å²) in [6.45, 7) is 5.56. The fraction of sp³-hybridized carbons (Fsp3) is 1.00. The van der Waals surface area contributed by atoms with Gasteiger partial charge in [0.05, 0.1) is 12.4 Å². The Balaban J connectivity index is 4.54. The molecule has 0 aliphatic heterocycles. The monoisotopic (exact) mass is 237 g/mol. The predicted molar refractivity (Wildman–Crippen MR) is 62.2 cm³/mol. The molecule has 15 heavy (non-hydrogen) atoms. The summed E-state index contributed by atoms with van der Waals surface area (Å²) >= 11 is 0. The third-order valence-corrected chi connectivity index (χ3v) is 5.05. The zero-order chi connectivity index (χ0) is 12.1. The third-order valence-electron chi connectivity index (χ3n) is 2.92. The van der Waals surface area contributed by atoms with Crippen molar-refractivity contribution in [2.75, 3.05) is 19.4 Å². The first kappa shape index (κ1) is 14.9. The van der Waals surface area contributed by atoms with Crippen molar-refractivity contribution in [3.63, 3.8) is 0 Å². The molecule has 0 bridgehead atoms. The Morgan fingerprint density at radius 1 is 1.27 bits per heavy atom. The number of aliphatic hydroxyl groups excluding tert-OH is 1. The van der Waals surface area contributed by atoms with Gasteiger partial charge in [-0.3, -0.25) is 0 Å². The second kappa shape index (κ2) is 6.45. The zero-order valence-electron chi connectivity index (χ0n) is 10.1. The van der Waals surface area contributed by atoms with Crippen molar-refractivity contribution in [1.82, 2.24) is 4.31 Å². The van der Waals surface area contributed by atoms with Crippen LogP contribution in [0, 0.1) is 5.92 Å². The van der Waals surface area contributed by atoms with Crippen LogP contribution in [-0.2, 0) is 10.0 Å². The van der Waals surface area contributed by atoms with Gasteiger partial charge >= 0.3 is 0 Å². The van der Waals surface area contributed by atoms with Crippen LogP contribution in [0.5, 0.6) is 0 Å². The number of likely N-dealkylation sites (N-methyl/N-ethyl adjacent to an activating group) is 1. The van der Waals surface area contributed by atoms with Crippen molar-refractivity contribution in [3.8, 4) is 0 Å². The SMILES string of the molecule is CCC(CC)CS(=O)(=O)N(C)C(C)CO.